The van der Waals surface area contributed by atoms with Crippen LogP contribution in [0.1, 0.15) is 44.3 Å². The molecule has 3 amide bonds. The molecule has 0 bridgehead atoms. The quantitative estimate of drug-likeness (QED) is 0.320. The van der Waals surface area contributed by atoms with Crippen molar-refractivity contribution in [2.75, 3.05) is 19.4 Å². The fourth-order valence-corrected chi connectivity index (χ4v) is 5.08. The molecule has 0 aliphatic carbocycles. The maximum absolute atomic E-state index is 13.6. The minimum absolute atomic E-state index is 0.138. The van der Waals surface area contributed by atoms with Crippen molar-refractivity contribution in [1.82, 2.24) is 9.91 Å². The second kappa shape index (κ2) is 9.15. The highest BCUT2D eigenvalue weighted by atomic mass is 16.5. The van der Waals surface area contributed by atoms with Gasteiger partial charge in [0.05, 0.1) is 30.0 Å². The molecule has 0 saturated heterocycles. The molecule has 6 rings (SSSR count). The number of carbonyl (C=O) groups excluding carboxylic acids is 3. The van der Waals surface area contributed by atoms with E-state index in [0.717, 1.165) is 32.5 Å². The Balaban J connectivity index is 1.34. The number of nitrogens with zero attached hydrogens (tertiary/aromatic N) is 3. The van der Waals surface area contributed by atoms with Crippen LogP contribution >= 0.6 is 0 Å². The van der Waals surface area contributed by atoms with E-state index in [1.165, 1.54) is 5.01 Å². The van der Waals surface area contributed by atoms with Gasteiger partial charge in [0.25, 0.3) is 17.7 Å². The number of nitrogens with two attached hydrogens (primary N) is 1. The van der Waals surface area contributed by atoms with E-state index in [-0.39, 0.29) is 16.8 Å². The topological polar surface area (TPSA) is 105 Å². The second-order valence-electron chi connectivity index (χ2n) is 9.31. The van der Waals surface area contributed by atoms with Gasteiger partial charge in [-0.1, -0.05) is 54.6 Å². The minimum atomic E-state index is -0.574. The number of carbonyl (C=O) groups is 3. The fourth-order valence-electron chi connectivity index (χ4n) is 5.08. The van der Waals surface area contributed by atoms with Crippen LogP contribution in [0.4, 0.5) is 5.69 Å². The molecule has 38 heavy (non-hydrogen) atoms. The average molecular weight is 505 g/mol. The largest absolute Gasteiger partial charge is 0.497 e. The van der Waals surface area contributed by atoms with Crippen molar-refractivity contribution in [1.29, 1.82) is 0 Å². The lowest BCUT2D eigenvalue weighted by atomic mass is 9.97. The van der Waals surface area contributed by atoms with E-state index in [0.29, 0.717) is 12.2 Å². The maximum atomic E-state index is 13.6. The van der Waals surface area contributed by atoms with Gasteiger partial charge in [-0.05, 0) is 52.2 Å². The van der Waals surface area contributed by atoms with E-state index in [9.17, 15) is 14.4 Å². The zero-order valence-corrected chi connectivity index (χ0v) is 20.6. The number of hydrogen-bond donors (Lipinski definition) is 1. The number of hydrazone groups is 1. The van der Waals surface area contributed by atoms with Crippen molar-refractivity contribution in [3.05, 3.63) is 107 Å². The van der Waals surface area contributed by atoms with Gasteiger partial charge in [-0.15, -0.1) is 0 Å². The normalized spacial score (nSPS) is 16.7. The Kier molecular flexibility index (Phi) is 5.64. The molecule has 0 unspecified atom stereocenters. The summed E-state index contributed by atoms with van der Waals surface area (Å²) in [5.41, 5.74) is 9.03. The third-order valence-corrected chi connectivity index (χ3v) is 7.07. The lowest BCUT2D eigenvalue weighted by Crippen LogP contribution is -2.41. The Labute approximate surface area is 218 Å². The van der Waals surface area contributed by atoms with Crippen LogP contribution in [0.25, 0.3) is 10.8 Å². The van der Waals surface area contributed by atoms with Crippen molar-refractivity contribution >= 4 is 39.9 Å². The summed E-state index contributed by atoms with van der Waals surface area (Å²) in [5, 5.41) is 8.29. The van der Waals surface area contributed by atoms with Gasteiger partial charge in [0, 0.05) is 12.1 Å². The number of rotatable bonds is 5. The highest BCUT2D eigenvalue weighted by Gasteiger charge is 2.41. The summed E-state index contributed by atoms with van der Waals surface area (Å²) in [6, 6.07) is 25.9. The zero-order valence-electron chi connectivity index (χ0n) is 20.6. The van der Waals surface area contributed by atoms with E-state index in [1.54, 1.807) is 25.3 Å². The molecular weight excluding hydrogens is 480 g/mol. The van der Waals surface area contributed by atoms with Crippen LogP contribution in [-0.4, -0.2) is 47.0 Å². The first-order valence-corrected chi connectivity index (χ1v) is 12.2. The van der Waals surface area contributed by atoms with Gasteiger partial charge < -0.3 is 10.5 Å². The van der Waals surface area contributed by atoms with E-state index < -0.39 is 30.3 Å². The van der Waals surface area contributed by atoms with Gasteiger partial charge >= 0.3 is 0 Å². The minimum Gasteiger partial charge on any atom is -0.497 e. The average Bonchev–Trinajstić information content (AvgIpc) is 3.49. The Morgan fingerprint density at radius 2 is 1.71 bits per heavy atom. The summed E-state index contributed by atoms with van der Waals surface area (Å²) in [6.45, 7) is -0.438. The smallest absolute Gasteiger partial charge is 0.264 e. The first-order valence-electron chi connectivity index (χ1n) is 12.2. The van der Waals surface area contributed by atoms with Gasteiger partial charge in [-0.25, -0.2) is 5.01 Å². The molecule has 4 aromatic carbocycles. The Morgan fingerprint density at radius 1 is 0.947 bits per heavy atom. The number of fused-ring (bicyclic) bond motifs is 2. The van der Waals surface area contributed by atoms with Crippen LogP contribution in [0.15, 0.2) is 90.0 Å². The lowest BCUT2D eigenvalue weighted by molar-refractivity contribution is -0.133. The van der Waals surface area contributed by atoms with Crippen LogP contribution in [0.2, 0.25) is 0 Å². The molecule has 0 fully saturated rings. The summed E-state index contributed by atoms with van der Waals surface area (Å²) >= 11 is 0. The number of amides is 3. The fraction of sp³-hybridized carbons (Fsp3) is 0.133. The summed E-state index contributed by atoms with van der Waals surface area (Å²) in [6.07, 6.45) is 0.478. The van der Waals surface area contributed by atoms with Crippen LogP contribution in [0.3, 0.4) is 0 Å². The van der Waals surface area contributed by atoms with Crippen LogP contribution in [-0.2, 0) is 4.79 Å². The monoisotopic (exact) mass is 504 g/mol. The van der Waals surface area contributed by atoms with Crippen LogP contribution in [0.5, 0.6) is 5.75 Å². The van der Waals surface area contributed by atoms with Crippen molar-refractivity contribution < 1.29 is 19.1 Å². The van der Waals surface area contributed by atoms with E-state index >= 15 is 0 Å². The van der Waals surface area contributed by atoms with Crippen molar-refractivity contribution in [2.45, 2.75) is 12.5 Å². The van der Waals surface area contributed by atoms with Gasteiger partial charge in [0.2, 0.25) is 0 Å². The van der Waals surface area contributed by atoms with Gasteiger partial charge in [0.15, 0.2) is 0 Å². The number of benzene rings is 4. The third-order valence-electron chi connectivity index (χ3n) is 7.07. The number of methoxy groups -OCH3 is 1. The summed E-state index contributed by atoms with van der Waals surface area (Å²) in [4.78, 5) is 40.6. The van der Waals surface area contributed by atoms with Gasteiger partial charge in [-0.3, -0.25) is 19.3 Å². The molecule has 2 N–H and O–H groups in total. The Hall–Kier alpha value is -4.98. The molecule has 188 valence electrons. The third kappa shape index (κ3) is 3.87. The molecule has 2 aliphatic heterocycles. The van der Waals surface area contributed by atoms with E-state index in [1.807, 2.05) is 60.7 Å². The number of ether oxygens (including phenoxy) is 1. The first-order chi connectivity index (χ1) is 18.4. The molecule has 2 heterocycles. The molecule has 4 aromatic rings. The van der Waals surface area contributed by atoms with Crippen LogP contribution in [0, 0.1) is 0 Å². The number of imide groups is 1. The van der Waals surface area contributed by atoms with Crippen molar-refractivity contribution in [2.24, 2.45) is 5.10 Å². The predicted molar refractivity (Wildman–Crippen MR) is 144 cm³/mol. The molecule has 0 saturated carbocycles. The number of hydrogen-bond acceptors (Lipinski definition) is 6. The molecule has 0 aromatic heterocycles. The Bertz CT molecular complexity index is 1640. The highest BCUT2D eigenvalue weighted by molar-refractivity contribution is 6.24. The SMILES string of the molecule is COc1ccc([C@H]2CC(c3ccc4ccccc4c3)=NN2C(=O)CN2C(=O)c3cccc(N)c3C2=O)cc1. The molecule has 8 nitrogen and oxygen atoms in total. The lowest BCUT2D eigenvalue weighted by Gasteiger charge is -2.24. The predicted octanol–water partition coefficient (Wildman–Crippen LogP) is 4.40. The van der Waals surface area contributed by atoms with E-state index in [4.69, 9.17) is 15.6 Å². The van der Waals surface area contributed by atoms with E-state index in [2.05, 4.69) is 6.07 Å². The summed E-state index contributed by atoms with van der Waals surface area (Å²) in [7, 11) is 1.59. The molecule has 1 atom stereocenters. The standard InChI is InChI=1S/C30H24N4O4/c1-38-22-13-11-19(12-14-22)26-16-25(21-10-9-18-5-2-3-6-20(18)15-21)32-34(26)27(35)17-33-29(36)23-7-4-8-24(31)28(23)30(33)37/h2-15,26H,16-17,31H2,1H3/t26-/m1/s1. The number of anilines is 1. The number of nitrogen functional groups attached to an aromatic ring is 1. The Morgan fingerprint density at radius 3 is 2.45 bits per heavy atom. The molecule has 2 aliphatic rings. The zero-order chi connectivity index (χ0) is 26.4. The molecule has 8 heteroatoms. The highest BCUT2D eigenvalue weighted by Crippen LogP contribution is 2.35. The molecule has 0 spiro atoms. The molecular formula is C30H24N4O4. The first kappa shape index (κ1) is 23.4. The summed E-state index contributed by atoms with van der Waals surface area (Å²) in [5.74, 6) is -0.876. The summed E-state index contributed by atoms with van der Waals surface area (Å²) < 4.78 is 5.29. The molecule has 0 radical (unpaired) electrons. The van der Waals surface area contributed by atoms with Gasteiger partial charge in [0.1, 0.15) is 12.3 Å². The van der Waals surface area contributed by atoms with Crippen LogP contribution < -0.4 is 10.5 Å². The van der Waals surface area contributed by atoms with Gasteiger partial charge in [-0.2, -0.15) is 5.10 Å². The maximum Gasteiger partial charge on any atom is 0.264 e. The van der Waals surface area contributed by atoms with Crippen molar-refractivity contribution in [3.8, 4) is 5.75 Å². The second-order valence-corrected chi connectivity index (χ2v) is 9.31. The van der Waals surface area contributed by atoms with Crippen molar-refractivity contribution in [3.63, 3.8) is 0 Å².